The SMILES string of the molecule is COc1ccc(CN(C)C(C)CCNC(C)C)cc1. The van der Waals surface area contributed by atoms with E-state index in [0.29, 0.717) is 12.1 Å². The number of benzene rings is 1. The van der Waals surface area contributed by atoms with Crippen molar-refractivity contribution < 1.29 is 4.74 Å². The zero-order valence-corrected chi connectivity index (χ0v) is 12.9. The van der Waals surface area contributed by atoms with Crippen molar-refractivity contribution in [1.82, 2.24) is 10.2 Å². The second-order valence-electron chi connectivity index (χ2n) is 5.51. The number of nitrogens with one attached hydrogen (secondary N) is 1. The van der Waals surface area contributed by atoms with E-state index in [0.717, 1.165) is 18.8 Å². The number of hydrogen-bond acceptors (Lipinski definition) is 3. The molecule has 1 unspecified atom stereocenters. The van der Waals surface area contributed by atoms with Crippen LogP contribution in [0.3, 0.4) is 0 Å². The molecule has 0 aromatic heterocycles. The minimum atomic E-state index is 0.569. The molecule has 0 fully saturated rings. The fourth-order valence-electron chi connectivity index (χ4n) is 1.98. The molecule has 1 aromatic rings. The Labute approximate surface area is 118 Å². The molecule has 0 saturated heterocycles. The minimum Gasteiger partial charge on any atom is -0.497 e. The second kappa shape index (κ2) is 8.18. The van der Waals surface area contributed by atoms with Gasteiger partial charge in [-0.05, 0) is 44.6 Å². The van der Waals surface area contributed by atoms with Crippen LogP contribution in [0.4, 0.5) is 0 Å². The van der Waals surface area contributed by atoms with E-state index in [1.165, 1.54) is 12.0 Å². The molecule has 0 aliphatic heterocycles. The Bertz CT molecular complexity index is 348. The Kier molecular flexibility index (Phi) is 6.89. The lowest BCUT2D eigenvalue weighted by atomic mass is 10.1. The van der Waals surface area contributed by atoms with Gasteiger partial charge >= 0.3 is 0 Å². The Morgan fingerprint density at radius 1 is 1.16 bits per heavy atom. The number of methoxy groups -OCH3 is 1. The van der Waals surface area contributed by atoms with Crippen LogP contribution in [0, 0.1) is 0 Å². The summed E-state index contributed by atoms with van der Waals surface area (Å²) in [6, 6.07) is 9.46. The van der Waals surface area contributed by atoms with Gasteiger partial charge in [0.05, 0.1) is 7.11 Å². The molecule has 108 valence electrons. The van der Waals surface area contributed by atoms with Crippen molar-refractivity contribution in [2.75, 3.05) is 20.7 Å². The smallest absolute Gasteiger partial charge is 0.118 e. The summed E-state index contributed by atoms with van der Waals surface area (Å²) in [7, 11) is 3.88. The van der Waals surface area contributed by atoms with Crippen molar-refractivity contribution in [2.45, 2.75) is 45.8 Å². The van der Waals surface area contributed by atoms with Crippen LogP contribution >= 0.6 is 0 Å². The van der Waals surface area contributed by atoms with Crippen LogP contribution in [0.2, 0.25) is 0 Å². The van der Waals surface area contributed by atoms with E-state index < -0.39 is 0 Å². The minimum absolute atomic E-state index is 0.569. The van der Waals surface area contributed by atoms with Gasteiger partial charge in [-0.3, -0.25) is 4.90 Å². The van der Waals surface area contributed by atoms with Gasteiger partial charge in [0.25, 0.3) is 0 Å². The summed E-state index contributed by atoms with van der Waals surface area (Å²) in [4.78, 5) is 2.39. The number of ether oxygens (including phenoxy) is 1. The van der Waals surface area contributed by atoms with Gasteiger partial charge < -0.3 is 10.1 Å². The summed E-state index contributed by atoms with van der Waals surface area (Å²) in [6.07, 6.45) is 1.17. The van der Waals surface area contributed by atoms with Gasteiger partial charge in [0, 0.05) is 18.6 Å². The maximum atomic E-state index is 5.18. The fourth-order valence-corrected chi connectivity index (χ4v) is 1.98. The highest BCUT2D eigenvalue weighted by Crippen LogP contribution is 2.14. The third kappa shape index (κ3) is 6.08. The molecule has 1 rings (SSSR count). The molecule has 3 nitrogen and oxygen atoms in total. The molecule has 1 N–H and O–H groups in total. The third-order valence-electron chi connectivity index (χ3n) is 3.46. The van der Waals surface area contributed by atoms with Crippen LogP contribution in [0.5, 0.6) is 5.75 Å². The molecule has 0 amide bonds. The first-order valence-electron chi connectivity index (χ1n) is 7.09. The number of nitrogens with zero attached hydrogens (tertiary/aromatic N) is 1. The van der Waals surface area contributed by atoms with Gasteiger partial charge in [0.2, 0.25) is 0 Å². The van der Waals surface area contributed by atoms with Crippen LogP contribution in [-0.2, 0) is 6.54 Å². The average molecular weight is 264 g/mol. The zero-order chi connectivity index (χ0) is 14.3. The molecule has 0 radical (unpaired) electrons. The summed E-state index contributed by atoms with van der Waals surface area (Å²) >= 11 is 0. The molecule has 19 heavy (non-hydrogen) atoms. The highest BCUT2D eigenvalue weighted by atomic mass is 16.5. The maximum absolute atomic E-state index is 5.18. The molecule has 0 saturated carbocycles. The lowest BCUT2D eigenvalue weighted by Gasteiger charge is -2.25. The van der Waals surface area contributed by atoms with E-state index in [-0.39, 0.29) is 0 Å². The van der Waals surface area contributed by atoms with Gasteiger partial charge in [-0.15, -0.1) is 0 Å². The van der Waals surface area contributed by atoms with E-state index in [1.54, 1.807) is 7.11 Å². The normalized spacial score (nSPS) is 13.0. The lowest BCUT2D eigenvalue weighted by molar-refractivity contribution is 0.235. The van der Waals surface area contributed by atoms with Gasteiger partial charge in [0.1, 0.15) is 5.75 Å². The fraction of sp³-hybridized carbons (Fsp3) is 0.625. The molecule has 0 aliphatic carbocycles. The summed E-state index contributed by atoms with van der Waals surface area (Å²) in [6.45, 7) is 8.71. The van der Waals surface area contributed by atoms with E-state index in [4.69, 9.17) is 4.74 Å². The predicted molar refractivity (Wildman–Crippen MR) is 81.7 cm³/mol. The van der Waals surface area contributed by atoms with Crippen molar-refractivity contribution in [3.05, 3.63) is 29.8 Å². The van der Waals surface area contributed by atoms with Crippen LogP contribution < -0.4 is 10.1 Å². The molecule has 0 spiro atoms. The van der Waals surface area contributed by atoms with Gasteiger partial charge in [-0.25, -0.2) is 0 Å². The molecule has 0 heterocycles. The monoisotopic (exact) mass is 264 g/mol. The van der Waals surface area contributed by atoms with Gasteiger partial charge in [-0.2, -0.15) is 0 Å². The molecular weight excluding hydrogens is 236 g/mol. The highest BCUT2D eigenvalue weighted by Gasteiger charge is 2.09. The lowest BCUT2D eigenvalue weighted by Crippen LogP contribution is -2.33. The van der Waals surface area contributed by atoms with Gasteiger partial charge in [-0.1, -0.05) is 26.0 Å². The molecule has 3 heteroatoms. The Morgan fingerprint density at radius 3 is 2.32 bits per heavy atom. The van der Waals surface area contributed by atoms with E-state index in [2.05, 4.69) is 50.2 Å². The summed E-state index contributed by atoms with van der Waals surface area (Å²) in [5.74, 6) is 0.917. The highest BCUT2D eigenvalue weighted by molar-refractivity contribution is 5.27. The predicted octanol–water partition coefficient (Wildman–Crippen LogP) is 2.90. The van der Waals surface area contributed by atoms with Crippen molar-refractivity contribution in [1.29, 1.82) is 0 Å². The van der Waals surface area contributed by atoms with E-state index in [1.807, 2.05) is 12.1 Å². The third-order valence-corrected chi connectivity index (χ3v) is 3.46. The summed E-state index contributed by atoms with van der Waals surface area (Å²) < 4.78 is 5.18. The average Bonchev–Trinajstić information content (AvgIpc) is 2.39. The van der Waals surface area contributed by atoms with Crippen LogP contribution in [0.1, 0.15) is 32.8 Å². The number of rotatable bonds is 8. The van der Waals surface area contributed by atoms with E-state index >= 15 is 0 Å². The molecule has 0 aliphatic rings. The summed E-state index contributed by atoms with van der Waals surface area (Å²) in [5, 5.41) is 3.47. The van der Waals surface area contributed by atoms with Crippen molar-refractivity contribution in [3.8, 4) is 5.75 Å². The topological polar surface area (TPSA) is 24.5 Å². The largest absolute Gasteiger partial charge is 0.497 e. The van der Waals surface area contributed by atoms with Crippen LogP contribution in [0.25, 0.3) is 0 Å². The van der Waals surface area contributed by atoms with Gasteiger partial charge in [0.15, 0.2) is 0 Å². The second-order valence-corrected chi connectivity index (χ2v) is 5.51. The molecule has 0 bridgehead atoms. The van der Waals surface area contributed by atoms with Crippen molar-refractivity contribution in [3.63, 3.8) is 0 Å². The standard InChI is InChI=1S/C16H28N2O/c1-13(2)17-11-10-14(3)18(4)12-15-6-8-16(19-5)9-7-15/h6-9,13-14,17H,10-12H2,1-5H3. The Hall–Kier alpha value is -1.06. The summed E-state index contributed by atoms with van der Waals surface area (Å²) in [5.41, 5.74) is 1.33. The van der Waals surface area contributed by atoms with Crippen LogP contribution in [0.15, 0.2) is 24.3 Å². The van der Waals surface area contributed by atoms with Crippen molar-refractivity contribution in [2.24, 2.45) is 0 Å². The first kappa shape index (κ1) is 16.0. The quantitative estimate of drug-likeness (QED) is 0.781. The maximum Gasteiger partial charge on any atom is 0.118 e. The molecule has 1 aromatic carbocycles. The first-order chi connectivity index (χ1) is 9.02. The zero-order valence-electron chi connectivity index (χ0n) is 12.9. The molecule has 1 atom stereocenters. The number of hydrogen-bond donors (Lipinski definition) is 1. The first-order valence-corrected chi connectivity index (χ1v) is 7.09. The van der Waals surface area contributed by atoms with E-state index in [9.17, 15) is 0 Å². The Morgan fingerprint density at radius 2 is 1.79 bits per heavy atom. The van der Waals surface area contributed by atoms with Crippen molar-refractivity contribution >= 4 is 0 Å². The Balaban J connectivity index is 2.37. The molecular formula is C16H28N2O. The van der Waals surface area contributed by atoms with Crippen LogP contribution in [-0.4, -0.2) is 37.7 Å².